The normalized spacial score (nSPS) is 20.0. The lowest BCUT2D eigenvalue weighted by molar-refractivity contribution is 0.335. The topological polar surface area (TPSA) is 6.48 Å². The van der Waals surface area contributed by atoms with Gasteiger partial charge >= 0.3 is 0 Å². The summed E-state index contributed by atoms with van der Waals surface area (Å²) in [4.78, 5) is 4.23. The summed E-state index contributed by atoms with van der Waals surface area (Å²) in [6.45, 7) is 0.946. The van der Waals surface area contributed by atoms with E-state index >= 15 is 0 Å². The Kier molecular flexibility index (Phi) is 2.06. The van der Waals surface area contributed by atoms with Gasteiger partial charge in [-0.1, -0.05) is 0 Å². The maximum atomic E-state index is 3.43. The van der Waals surface area contributed by atoms with Gasteiger partial charge in [0.05, 0.1) is 6.67 Å². The molecule has 1 rings (SSSR count). The molecule has 0 unspecified atom stereocenters. The molecule has 0 N–H and O–H groups in total. The number of rotatable bonds is 0. The summed E-state index contributed by atoms with van der Waals surface area (Å²) in [5.41, 5.74) is 0. The molecular weight excluding hydrogens is 248 g/mol. The van der Waals surface area contributed by atoms with Crippen LogP contribution in [0, 0.1) is 0 Å². The molecule has 0 aromatic heterocycles. The van der Waals surface area contributed by atoms with Crippen LogP contribution in [0.25, 0.3) is 0 Å². The zero-order valence-electron chi connectivity index (χ0n) is 5.36. The highest BCUT2D eigenvalue weighted by Crippen LogP contribution is 2.28. The first-order valence-corrected chi connectivity index (χ1v) is 4.19. The van der Waals surface area contributed by atoms with Crippen LogP contribution in [-0.4, -0.2) is 30.6 Å². The average Bonchev–Trinajstić information content (AvgIpc) is 1.98. The first-order valence-electron chi connectivity index (χ1n) is 2.60. The van der Waals surface area contributed by atoms with Crippen molar-refractivity contribution in [3.63, 3.8) is 0 Å². The van der Waals surface area contributed by atoms with Crippen LogP contribution >= 0.6 is 31.9 Å². The minimum Gasteiger partial charge on any atom is -0.349 e. The lowest BCUT2D eigenvalue weighted by Gasteiger charge is -2.12. The fourth-order valence-electron chi connectivity index (χ4n) is 0.757. The first kappa shape index (κ1) is 7.41. The van der Waals surface area contributed by atoms with Crippen molar-refractivity contribution in [3.8, 4) is 0 Å². The smallest absolute Gasteiger partial charge is 0.113 e. The summed E-state index contributed by atoms with van der Waals surface area (Å²) in [7, 11) is 4.07. The Morgan fingerprint density at radius 2 is 1.44 bits per heavy atom. The second kappa shape index (κ2) is 2.50. The Hall–Kier alpha value is 0.300. The lowest BCUT2D eigenvalue weighted by Crippen LogP contribution is -2.19. The minimum absolute atomic E-state index is 0.946. The van der Waals surface area contributed by atoms with Crippen LogP contribution in [0.1, 0.15) is 0 Å². The van der Waals surface area contributed by atoms with Crippen molar-refractivity contribution >= 4 is 31.9 Å². The van der Waals surface area contributed by atoms with Gasteiger partial charge in [-0.2, -0.15) is 0 Å². The third-order valence-corrected chi connectivity index (χ3v) is 3.76. The number of hydrogen-bond acceptors (Lipinski definition) is 2. The summed E-state index contributed by atoms with van der Waals surface area (Å²) < 4.78 is 2.23. The Balaban J connectivity index is 2.79. The molecule has 0 bridgehead atoms. The first-order chi connectivity index (χ1) is 4.13. The van der Waals surface area contributed by atoms with Gasteiger partial charge in [-0.05, 0) is 31.9 Å². The van der Waals surface area contributed by atoms with E-state index in [9.17, 15) is 0 Å². The van der Waals surface area contributed by atoms with Crippen LogP contribution in [0.4, 0.5) is 0 Å². The van der Waals surface area contributed by atoms with Gasteiger partial charge in [-0.25, -0.2) is 0 Å². The third kappa shape index (κ3) is 1.24. The van der Waals surface area contributed by atoms with Crippen molar-refractivity contribution in [2.45, 2.75) is 0 Å². The Bertz CT molecular complexity index is 139. The Morgan fingerprint density at radius 1 is 1.11 bits per heavy atom. The van der Waals surface area contributed by atoms with Crippen molar-refractivity contribution in [2.24, 2.45) is 0 Å². The number of nitrogens with zero attached hydrogens (tertiary/aromatic N) is 2. The van der Waals surface area contributed by atoms with Crippen molar-refractivity contribution < 1.29 is 0 Å². The van der Waals surface area contributed by atoms with Crippen LogP contribution in [0.15, 0.2) is 9.21 Å². The van der Waals surface area contributed by atoms with Gasteiger partial charge in [-0.3, -0.25) is 0 Å². The molecule has 0 fully saturated rings. The summed E-state index contributed by atoms with van der Waals surface area (Å²) in [6.07, 6.45) is 0. The lowest BCUT2D eigenvalue weighted by atomic mass is 10.9. The average molecular weight is 256 g/mol. The second-order valence-electron chi connectivity index (χ2n) is 2.12. The van der Waals surface area contributed by atoms with Crippen LogP contribution in [0.5, 0.6) is 0 Å². The molecule has 0 amide bonds. The van der Waals surface area contributed by atoms with E-state index in [1.807, 2.05) is 14.1 Å². The monoisotopic (exact) mass is 254 g/mol. The number of halogens is 2. The quantitative estimate of drug-likeness (QED) is 0.609. The molecule has 1 aliphatic heterocycles. The van der Waals surface area contributed by atoms with Crippen molar-refractivity contribution in [1.82, 2.24) is 9.80 Å². The highest BCUT2D eigenvalue weighted by molar-refractivity contribution is 9.14. The molecule has 0 saturated heterocycles. The van der Waals surface area contributed by atoms with Gasteiger partial charge in [0, 0.05) is 14.1 Å². The maximum Gasteiger partial charge on any atom is 0.113 e. The highest BCUT2D eigenvalue weighted by Gasteiger charge is 2.18. The van der Waals surface area contributed by atoms with E-state index in [-0.39, 0.29) is 0 Å². The summed E-state index contributed by atoms with van der Waals surface area (Å²) in [5, 5.41) is 0. The van der Waals surface area contributed by atoms with Crippen molar-refractivity contribution in [2.75, 3.05) is 20.8 Å². The van der Waals surface area contributed by atoms with E-state index < -0.39 is 0 Å². The zero-order chi connectivity index (χ0) is 7.02. The third-order valence-electron chi connectivity index (χ3n) is 1.26. The molecule has 1 aliphatic rings. The van der Waals surface area contributed by atoms with Gasteiger partial charge in [0.25, 0.3) is 0 Å². The summed E-state index contributed by atoms with van der Waals surface area (Å²) in [6, 6.07) is 0. The number of hydrogen-bond donors (Lipinski definition) is 0. The molecule has 2 nitrogen and oxygen atoms in total. The minimum atomic E-state index is 0.946. The second-order valence-corrected chi connectivity index (χ2v) is 3.62. The van der Waals surface area contributed by atoms with E-state index in [1.54, 1.807) is 0 Å². The predicted octanol–water partition coefficient (Wildman–Crippen LogP) is 1.74. The summed E-state index contributed by atoms with van der Waals surface area (Å²) in [5.74, 6) is 0. The Morgan fingerprint density at radius 3 is 1.56 bits per heavy atom. The van der Waals surface area contributed by atoms with Crippen LogP contribution in [-0.2, 0) is 0 Å². The fraction of sp³-hybridized carbons (Fsp3) is 0.600. The largest absolute Gasteiger partial charge is 0.349 e. The van der Waals surface area contributed by atoms with Crippen LogP contribution in [0.2, 0.25) is 0 Å². The molecule has 9 heavy (non-hydrogen) atoms. The molecular formula is C5H8Br2N2. The molecule has 1 heterocycles. The summed E-state index contributed by atoms with van der Waals surface area (Å²) >= 11 is 6.85. The van der Waals surface area contributed by atoms with E-state index in [0.717, 1.165) is 15.9 Å². The molecule has 52 valence electrons. The predicted molar refractivity (Wildman–Crippen MR) is 45.3 cm³/mol. The van der Waals surface area contributed by atoms with Gasteiger partial charge in [0.1, 0.15) is 9.21 Å². The molecule has 0 aromatic carbocycles. The molecule has 0 spiro atoms. The van der Waals surface area contributed by atoms with Crippen molar-refractivity contribution in [1.29, 1.82) is 0 Å². The SMILES string of the molecule is CN1CN(C)C(Br)=C1Br. The molecule has 0 saturated carbocycles. The van der Waals surface area contributed by atoms with Gasteiger partial charge < -0.3 is 9.80 Å². The molecule has 0 aliphatic carbocycles. The van der Waals surface area contributed by atoms with Gasteiger partial charge in [0.15, 0.2) is 0 Å². The molecule has 0 radical (unpaired) electrons. The zero-order valence-corrected chi connectivity index (χ0v) is 8.53. The maximum absolute atomic E-state index is 3.43. The van der Waals surface area contributed by atoms with E-state index in [1.165, 1.54) is 0 Å². The van der Waals surface area contributed by atoms with E-state index in [0.29, 0.717) is 0 Å². The fourth-order valence-corrected chi connectivity index (χ4v) is 1.59. The van der Waals surface area contributed by atoms with Gasteiger partial charge in [-0.15, -0.1) is 0 Å². The molecule has 0 aromatic rings. The van der Waals surface area contributed by atoms with Crippen LogP contribution in [0.3, 0.4) is 0 Å². The van der Waals surface area contributed by atoms with E-state index in [2.05, 4.69) is 41.7 Å². The Labute approximate surface area is 71.8 Å². The van der Waals surface area contributed by atoms with Crippen molar-refractivity contribution in [3.05, 3.63) is 9.21 Å². The highest BCUT2D eigenvalue weighted by atomic mass is 79.9. The van der Waals surface area contributed by atoms with Gasteiger partial charge in [0.2, 0.25) is 0 Å². The molecule has 0 atom stereocenters. The molecule has 4 heteroatoms. The van der Waals surface area contributed by atoms with Crippen LogP contribution < -0.4 is 0 Å². The standard InChI is InChI=1S/C5H8Br2N2/c1-8-3-9(2)5(7)4(8)6/h3H2,1-2H3. The van der Waals surface area contributed by atoms with E-state index in [4.69, 9.17) is 0 Å².